The van der Waals surface area contributed by atoms with Gasteiger partial charge in [0.2, 0.25) is 5.95 Å². The first-order valence-corrected chi connectivity index (χ1v) is 10.3. The molecule has 142 valence electrons. The number of aryl methyl sites for hydroxylation is 3. The molecule has 0 unspecified atom stereocenters. The summed E-state index contributed by atoms with van der Waals surface area (Å²) < 4.78 is 28.6. The fourth-order valence-corrected chi connectivity index (χ4v) is 5.54. The van der Waals surface area contributed by atoms with Crippen molar-refractivity contribution in [1.82, 2.24) is 13.9 Å². The number of rotatable bonds is 3. The normalized spacial score (nSPS) is 11.8. The summed E-state index contributed by atoms with van der Waals surface area (Å²) >= 11 is 0. The minimum Gasteiger partial charge on any atom is -0.368 e. The predicted molar refractivity (Wildman–Crippen MR) is 111 cm³/mol. The standard InChI is InChI=1S/C21H20N4O2S/c1-13-10-14(2)20(15(3)11-13)28(26,27)25-12-17(16-6-4-5-7-19(16)25)18-8-9-23-21(22)24-18/h4-12H,1-3H3,(H2,22,23,24). The molecule has 6 nitrogen and oxygen atoms in total. The highest BCUT2D eigenvalue weighted by Crippen LogP contribution is 2.33. The van der Waals surface area contributed by atoms with Crippen LogP contribution in [0, 0.1) is 20.8 Å². The summed E-state index contributed by atoms with van der Waals surface area (Å²) in [6.45, 7) is 5.61. The number of nitrogen functional groups attached to an aromatic ring is 1. The van der Waals surface area contributed by atoms with Gasteiger partial charge in [-0.2, -0.15) is 0 Å². The summed E-state index contributed by atoms with van der Waals surface area (Å²) in [6.07, 6.45) is 3.17. The van der Waals surface area contributed by atoms with Crippen LogP contribution in [0.2, 0.25) is 0 Å². The highest BCUT2D eigenvalue weighted by Gasteiger charge is 2.25. The van der Waals surface area contributed by atoms with E-state index in [0.29, 0.717) is 21.7 Å². The van der Waals surface area contributed by atoms with Crippen LogP contribution < -0.4 is 5.73 Å². The van der Waals surface area contributed by atoms with Crippen molar-refractivity contribution in [3.8, 4) is 11.3 Å². The zero-order valence-electron chi connectivity index (χ0n) is 15.8. The van der Waals surface area contributed by atoms with Crippen molar-refractivity contribution in [2.45, 2.75) is 25.7 Å². The average Bonchev–Trinajstić information content (AvgIpc) is 3.01. The highest BCUT2D eigenvalue weighted by molar-refractivity contribution is 7.90. The van der Waals surface area contributed by atoms with Gasteiger partial charge in [0, 0.05) is 23.3 Å². The Kier molecular flexibility index (Phi) is 4.19. The van der Waals surface area contributed by atoms with Crippen LogP contribution in [0.5, 0.6) is 0 Å². The van der Waals surface area contributed by atoms with Gasteiger partial charge in [-0.25, -0.2) is 22.4 Å². The third kappa shape index (κ3) is 2.84. The monoisotopic (exact) mass is 392 g/mol. The van der Waals surface area contributed by atoms with Gasteiger partial charge in [0.15, 0.2) is 0 Å². The van der Waals surface area contributed by atoms with Gasteiger partial charge in [0.05, 0.1) is 16.1 Å². The molecule has 0 amide bonds. The van der Waals surface area contributed by atoms with Crippen LogP contribution in [0.3, 0.4) is 0 Å². The van der Waals surface area contributed by atoms with Crippen molar-refractivity contribution in [2.24, 2.45) is 0 Å². The van der Waals surface area contributed by atoms with Gasteiger partial charge in [-0.15, -0.1) is 0 Å². The first-order valence-electron chi connectivity index (χ1n) is 8.81. The molecule has 0 saturated carbocycles. The number of benzene rings is 2. The number of fused-ring (bicyclic) bond motifs is 1. The maximum atomic E-state index is 13.6. The van der Waals surface area contributed by atoms with Crippen molar-refractivity contribution in [1.29, 1.82) is 0 Å². The van der Waals surface area contributed by atoms with Gasteiger partial charge >= 0.3 is 0 Å². The molecular weight excluding hydrogens is 372 g/mol. The second kappa shape index (κ2) is 6.45. The van der Waals surface area contributed by atoms with E-state index in [-0.39, 0.29) is 5.95 Å². The molecule has 0 aliphatic carbocycles. The van der Waals surface area contributed by atoms with E-state index in [1.165, 1.54) is 3.97 Å². The minimum atomic E-state index is -3.80. The smallest absolute Gasteiger partial charge is 0.268 e. The molecule has 0 spiro atoms. The molecule has 0 aliphatic heterocycles. The van der Waals surface area contributed by atoms with Crippen molar-refractivity contribution < 1.29 is 8.42 Å². The van der Waals surface area contributed by atoms with E-state index < -0.39 is 10.0 Å². The van der Waals surface area contributed by atoms with E-state index in [0.717, 1.165) is 22.1 Å². The Hall–Kier alpha value is -3.19. The number of nitrogens with two attached hydrogens (primary N) is 1. The Morgan fingerprint density at radius 3 is 2.36 bits per heavy atom. The van der Waals surface area contributed by atoms with E-state index in [2.05, 4.69) is 9.97 Å². The van der Waals surface area contributed by atoms with Crippen LogP contribution in [-0.4, -0.2) is 22.4 Å². The molecule has 2 heterocycles. The number of hydrogen-bond acceptors (Lipinski definition) is 5. The van der Waals surface area contributed by atoms with Crippen LogP contribution in [-0.2, 0) is 10.0 Å². The summed E-state index contributed by atoms with van der Waals surface area (Å²) in [5, 5.41) is 0.784. The van der Waals surface area contributed by atoms with Gasteiger partial charge < -0.3 is 5.73 Å². The van der Waals surface area contributed by atoms with Gasteiger partial charge in [-0.05, 0) is 44.0 Å². The van der Waals surface area contributed by atoms with Gasteiger partial charge in [-0.3, -0.25) is 0 Å². The molecule has 7 heteroatoms. The zero-order valence-corrected chi connectivity index (χ0v) is 16.7. The van der Waals surface area contributed by atoms with Crippen molar-refractivity contribution in [3.05, 3.63) is 71.5 Å². The SMILES string of the molecule is Cc1cc(C)c(S(=O)(=O)n2cc(-c3ccnc(N)n3)c3ccccc32)c(C)c1. The average molecular weight is 392 g/mol. The molecule has 2 aromatic heterocycles. The predicted octanol–water partition coefficient (Wildman–Crippen LogP) is 3.84. The van der Waals surface area contributed by atoms with Crippen LogP contribution in [0.4, 0.5) is 5.95 Å². The molecule has 2 N–H and O–H groups in total. The van der Waals surface area contributed by atoms with Crippen molar-refractivity contribution in [2.75, 3.05) is 5.73 Å². The second-order valence-corrected chi connectivity index (χ2v) is 8.64. The summed E-state index contributed by atoms with van der Waals surface area (Å²) in [5.74, 6) is 0.141. The van der Waals surface area contributed by atoms with E-state index in [1.807, 2.05) is 51.1 Å². The third-order valence-corrected chi connectivity index (χ3v) is 6.73. The summed E-state index contributed by atoms with van der Waals surface area (Å²) in [6, 6.07) is 12.9. The lowest BCUT2D eigenvalue weighted by atomic mass is 10.1. The number of nitrogens with zero attached hydrogens (tertiary/aromatic N) is 3. The fraction of sp³-hybridized carbons (Fsp3) is 0.143. The lowest BCUT2D eigenvalue weighted by Gasteiger charge is -2.14. The van der Waals surface area contributed by atoms with Gasteiger partial charge in [0.1, 0.15) is 0 Å². The topological polar surface area (TPSA) is 90.9 Å². The Labute approximate surface area is 163 Å². The van der Waals surface area contributed by atoms with Crippen molar-refractivity contribution >= 4 is 26.9 Å². The van der Waals surface area contributed by atoms with Crippen LogP contribution in [0.25, 0.3) is 22.2 Å². The number of aromatic nitrogens is 3. The quantitative estimate of drug-likeness (QED) is 0.572. The number of anilines is 1. The Bertz CT molecular complexity index is 1300. The molecule has 0 atom stereocenters. The lowest BCUT2D eigenvalue weighted by Crippen LogP contribution is -2.15. The molecule has 0 aliphatic rings. The summed E-state index contributed by atoms with van der Waals surface area (Å²) in [4.78, 5) is 8.51. The third-order valence-electron chi connectivity index (χ3n) is 4.75. The van der Waals surface area contributed by atoms with Crippen LogP contribution in [0.1, 0.15) is 16.7 Å². The zero-order chi connectivity index (χ0) is 20.1. The molecule has 0 fully saturated rings. The van der Waals surface area contributed by atoms with Crippen LogP contribution >= 0.6 is 0 Å². The maximum absolute atomic E-state index is 13.6. The fourth-order valence-electron chi connectivity index (χ4n) is 3.75. The molecular formula is C21H20N4O2S. The van der Waals surface area contributed by atoms with Crippen LogP contribution in [0.15, 0.2) is 59.8 Å². The molecule has 0 bridgehead atoms. The highest BCUT2D eigenvalue weighted by atomic mass is 32.2. The largest absolute Gasteiger partial charge is 0.368 e. The Morgan fingerprint density at radius 1 is 1.00 bits per heavy atom. The minimum absolute atomic E-state index is 0.141. The second-order valence-electron chi connectivity index (χ2n) is 6.89. The van der Waals surface area contributed by atoms with Gasteiger partial charge in [-0.1, -0.05) is 35.9 Å². The maximum Gasteiger partial charge on any atom is 0.268 e. The van der Waals surface area contributed by atoms with E-state index in [9.17, 15) is 8.42 Å². The summed E-state index contributed by atoms with van der Waals surface area (Å²) in [7, 11) is -3.80. The Morgan fingerprint density at radius 2 is 1.68 bits per heavy atom. The molecule has 4 aromatic rings. The molecule has 2 aromatic carbocycles. The molecule has 0 radical (unpaired) electrons. The molecule has 28 heavy (non-hydrogen) atoms. The number of hydrogen-bond donors (Lipinski definition) is 1. The van der Waals surface area contributed by atoms with Gasteiger partial charge in [0.25, 0.3) is 10.0 Å². The Balaban J connectivity index is 2.03. The van der Waals surface area contributed by atoms with E-state index in [1.54, 1.807) is 24.5 Å². The first kappa shape index (κ1) is 18.2. The first-order chi connectivity index (χ1) is 13.3. The van der Waals surface area contributed by atoms with E-state index >= 15 is 0 Å². The van der Waals surface area contributed by atoms with Crippen molar-refractivity contribution in [3.63, 3.8) is 0 Å². The summed E-state index contributed by atoms with van der Waals surface area (Å²) in [5.41, 5.74) is 10.1. The lowest BCUT2D eigenvalue weighted by molar-refractivity contribution is 0.588. The molecule has 4 rings (SSSR count). The number of para-hydroxylation sites is 1. The molecule has 0 saturated heterocycles. The van der Waals surface area contributed by atoms with E-state index in [4.69, 9.17) is 5.73 Å².